The Morgan fingerprint density at radius 2 is 2.04 bits per heavy atom. The Hall–Kier alpha value is -2.42. The molecule has 2 amide bonds. The lowest BCUT2D eigenvalue weighted by Crippen LogP contribution is -2.37. The van der Waals surface area contributed by atoms with Gasteiger partial charge in [0.15, 0.2) is 0 Å². The second kappa shape index (κ2) is 9.68. The van der Waals surface area contributed by atoms with Crippen LogP contribution < -0.4 is 0 Å². The predicted octanol–water partition coefficient (Wildman–Crippen LogP) is 2.89. The molecule has 1 aromatic carbocycles. The second-order valence-electron chi connectivity index (χ2n) is 6.12. The van der Waals surface area contributed by atoms with Crippen LogP contribution in [-0.2, 0) is 16.1 Å². The Bertz CT molecular complexity index is 866. The molecule has 28 heavy (non-hydrogen) atoms. The predicted molar refractivity (Wildman–Crippen MR) is 112 cm³/mol. The number of hydrogen-bond acceptors (Lipinski definition) is 6. The zero-order chi connectivity index (χ0) is 19.9. The fourth-order valence-electron chi connectivity index (χ4n) is 2.78. The summed E-state index contributed by atoms with van der Waals surface area (Å²) in [4.78, 5) is 28.7. The molecule has 2 heterocycles. The van der Waals surface area contributed by atoms with Crippen molar-refractivity contribution in [3.8, 4) is 0 Å². The van der Waals surface area contributed by atoms with E-state index in [1.807, 2.05) is 30.3 Å². The van der Waals surface area contributed by atoms with Crippen molar-refractivity contribution in [1.29, 1.82) is 0 Å². The van der Waals surface area contributed by atoms with Gasteiger partial charge in [0.1, 0.15) is 10.1 Å². The highest BCUT2D eigenvalue weighted by Gasteiger charge is 2.32. The van der Waals surface area contributed by atoms with Gasteiger partial charge in [-0.05, 0) is 17.7 Å². The molecule has 1 saturated heterocycles. The molecule has 8 heteroatoms. The van der Waals surface area contributed by atoms with E-state index in [-0.39, 0.29) is 37.9 Å². The van der Waals surface area contributed by atoms with Crippen LogP contribution >= 0.6 is 24.0 Å². The van der Waals surface area contributed by atoms with Gasteiger partial charge in [0, 0.05) is 32.1 Å². The molecule has 0 radical (unpaired) electrons. The number of carbonyl (C=O) groups is 2. The molecule has 1 aliphatic rings. The summed E-state index contributed by atoms with van der Waals surface area (Å²) in [7, 11) is 0. The number of benzene rings is 1. The lowest BCUT2D eigenvalue weighted by Gasteiger charge is -2.23. The summed E-state index contributed by atoms with van der Waals surface area (Å²) in [5.74, 6) is 0.214. The molecule has 0 atom stereocenters. The standard InChI is InChI=1S/C20H20N2O4S2/c23-11-10-21(14-15-5-2-1-3-6-15)18(24)8-9-22-19(25)17(28-20(22)27)13-16-7-4-12-26-16/h1-7,12-13,23H,8-11,14H2/b17-13+. The maximum absolute atomic E-state index is 12.6. The van der Waals surface area contributed by atoms with E-state index in [0.29, 0.717) is 21.5 Å². The van der Waals surface area contributed by atoms with Gasteiger partial charge in [0.05, 0.1) is 17.8 Å². The highest BCUT2D eigenvalue weighted by molar-refractivity contribution is 8.26. The first-order valence-corrected chi connectivity index (χ1v) is 10.0. The molecule has 0 unspecified atom stereocenters. The zero-order valence-electron chi connectivity index (χ0n) is 15.1. The van der Waals surface area contributed by atoms with Gasteiger partial charge < -0.3 is 14.4 Å². The van der Waals surface area contributed by atoms with Crippen LogP contribution in [0.5, 0.6) is 0 Å². The summed E-state index contributed by atoms with van der Waals surface area (Å²) in [6.07, 6.45) is 3.32. The minimum atomic E-state index is -0.226. The monoisotopic (exact) mass is 416 g/mol. The quantitative estimate of drug-likeness (QED) is 0.527. The summed E-state index contributed by atoms with van der Waals surface area (Å²) in [6, 6.07) is 13.1. The van der Waals surface area contributed by atoms with Gasteiger partial charge in [0.25, 0.3) is 5.91 Å². The van der Waals surface area contributed by atoms with E-state index >= 15 is 0 Å². The van der Waals surface area contributed by atoms with Crippen molar-refractivity contribution in [3.05, 3.63) is 65.0 Å². The molecule has 6 nitrogen and oxygen atoms in total. The van der Waals surface area contributed by atoms with Gasteiger partial charge in [-0.1, -0.05) is 54.3 Å². The molecule has 3 rings (SSSR count). The Balaban J connectivity index is 1.60. The molecule has 0 saturated carbocycles. The minimum absolute atomic E-state index is 0.120. The van der Waals surface area contributed by atoms with Crippen LogP contribution in [0.4, 0.5) is 0 Å². The number of hydrogen-bond donors (Lipinski definition) is 1. The molecule has 1 aliphatic heterocycles. The van der Waals surface area contributed by atoms with Gasteiger partial charge in [-0.15, -0.1) is 0 Å². The van der Waals surface area contributed by atoms with E-state index in [0.717, 1.165) is 5.56 Å². The molecule has 0 spiro atoms. The van der Waals surface area contributed by atoms with Crippen molar-refractivity contribution < 1.29 is 19.1 Å². The Morgan fingerprint density at radius 1 is 1.25 bits per heavy atom. The van der Waals surface area contributed by atoms with Gasteiger partial charge in [-0.2, -0.15) is 0 Å². The smallest absolute Gasteiger partial charge is 0.266 e. The van der Waals surface area contributed by atoms with Crippen molar-refractivity contribution in [2.24, 2.45) is 0 Å². The van der Waals surface area contributed by atoms with Gasteiger partial charge in [0.2, 0.25) is 5.91 Å². The van der Waals surface area contributed by atoms with E-state index in [4.69, 9.17) is 16.6 Å². The zero-order valence-corrected chi connectivity index (χ0v) is 16.7. The number of aliphatic hydroxyl groups excluding tert-OH is 1. The second-order valence-corrected chi connectivity index (χ2v) is 7.80. The van der Waals surface area contributed by atoms with E-state index in [1.165, 1.54) is 22.9 Å². The Labute approximate surface area is 172 Å². The maximum atomic E-state index is 12.6. The molecule has 2 aromatic rings. The topological polar surface area (TPSA) is 74.0 Å². The number of nitrogens with zero attached hydrogens (tertiary/aromatic N) is 2. The molecule has 0 bridgehead atoms. The minimum Gasteiger partial charge on any atom is -0.465 e. The van der Waals surface area contributed by atoms with E-state index in [9.17, 15) is 14.7 Å². The summed E-state index contributed by atoms with van der Waals surface area (Å²) in [5, 5.41) is 9.29. The number of furan rings is 1. The van der Waals surface area contributed by atoms with Gasteiger partial charge >= 0.3 is 0 Å². The normalized spacial score (nSPS) is 15.5. The van der Waals surface area contributed by atoms with Crippen LogP contribution in [-0.4, -0.2) is 50.7 Å². The molecule has 1 aromatic heterocycles. The number of carbonyl (C=O) groups excluding carboxylic acids is 2. The van der Waals surface area contributed by atoms with E-state index in [2.05, 4.69) is 0 Å². The van der Waals surface area contributed by atoms with Crippen molar-refractivity contribution in [2.45, 2.75) is 13.0 Å². The highest BCUT2D eigenvalue weighted by atomic mass is 32.2. The number of thioether (sulfide) groups is 1. The summed E-state index contributed by atoms with van der Waals surface area (Å²) in [6.45, 7) is 0.739. The van der Waals surface area contributed by atoms with Crippen LogP contribution in [0.1, 0.15) is 17.7 Å². The van der Waals surface area contributed by atoms with Crippen LogP contribution in [0.3, 0.4) is 0 Å². The third-order valence-electron chi connectivity index (χ3n) is 4.18. The van der Waals surface area contributed by atoms with E-state index < -0.39 is 0 Å². The first kappa shape index (κ1) is 20.3. The molecular formula is C20H20N2O4S2. The summed E-state index contributed by atoms with van der Waals surface area (Å²) >= 11 is 6.49. The molecule has 0 aliphatic carbocycles. The third kappa shape index (κ3) is 5.09. The first-order valence-electron chi connectivity index (χ1n) is 8.80. The average molecular weight is 417 g/mol. The number of aliphatic hydroxyl groups is 1. The molecular weight excluding hydrogens is 396 g/mol. The molecule has 1 fully saturated rings. The Kier molecular flexibility index (Phi) is 7.02. The Morgan fingerprint density at radius 3 is 2.71 bits per heavy atom. The van der Waals surface area contributed by atoms with Gasteiger partial charge in [-0.25, -0.2) is 0 Å². The highest BCUT2D eigenvalue weighted by Crippen LogP contribution is 2.32. The van der Waals surface area contributed by atoms with Crippen molar-refractivity contribution in [2.75, 3.05) is 19.7 Å². The maximum Gasteiger partial charge on any atom is 0.266 e. The lowest BCUT2D eigenvalue weighted by molar-refractivity contribution is -0.132. The summed E-state index contributed by atoms with van der Waals surface area (Å²) < 4.78 is 5.66. The molecule has 1 N–H and O–H groups in total. The third-order valence-corrected chi connectivity index (χ3v) is 5.56. The largest absolute Gasteiger partial charge is 0.465 e. The van der Waals surface area contributed by atoms with Gasteiger partial charge in [-0.3, -0.25) is 14.5 Å². The average Bonchev–Trinajstić information content (AvgIpc) is 3.29. The lowest BCUT2D eigenvalue weighted by atomic mass is 10.2. The van der Waals surface area contributed by atoms with Crippen LogP contribution in [0.25, 0.3) is 6.08 Å². The van der Waals surface area contributed by atoms with Crippen molar-refractivity contribution in [1.82, 2.24) is 9.80 Å². The SMILES string of the molecule is O=C(CCN1C(=O)/C(=C\c2ccco2)SC1=S)N(CCO)Cc1ccccc1. The van der Waals surface area contributed by atoms with Crippen molar-refractivity contribution in [3.63, 3.8) is 0 Å². The van der Waals surface area contributed by atoms with Crippen LogP contribution in [0.15, 0.2) is 58.1 Å². The fraction of sp³-hybridized carbons (Fsp3) is 0.250. The van der Waals surface area contributed by atoms with Crippen LogP contribution in [0.2, 0.25) is 0 Å². The van der Waals surface area contributed by atoms with Crippen molar-refractivity contribution >= 4 is 46.2 Å². The number of thiocarbonyl (C=S) groups is 1. The van der Waals surface area contributed by atoms with E-state index in [1.54, 1.807) is 23.1 Å². The first-order chi connectivity index (χ1) is 13.6. The van der Waals surface area contributed by atoms with Crippen LogP contribution in [0, 0.1) is 0 Å². The number of rotatable bonds is 8. The number of amides is 2. The summed E-state index contributed by atoms with van der Waals surface area (Å²) in [5.41, 5.74) is 0.983. The fourth-order valence-corrected chi connectivity index (χ4v) is 4.07. The molecule has 146 valence electrons.